The second-order valence-corrected chi connectivity index (χ2v) is 3.12. The van der Waals surface area contributed by atoms with Gasteiger partial charge in [-0.2, -0.15) is 13.2 Å². The predicted molar refractivity (Wildman–Crippen MR) is 50.5 cm³/mol. The molecule has 0 atom stereocenters. The van der Waals surface area contributed by atoms with Gasteiger partial charge in [0.25, 0.3) is 0 Å². The van der Waals surface area contributed by atoms with E-state index >= 15 is 0 Å². The van der Waals surface area contributed by atoms with Gasteiger partial charge in [0.15, 0.2) is 0 Å². The van der Waals surface area contributed by atoms with E-state index in [1.807, 2.05) is 0 Å². The Balaban J connectivity index is 2.90. The Morgan fingerprint density at radius 1 is 1.40 bits per heavy atom. The number of alkyl halides is 3. The van der Waals surface area contributed by atoms with Gasteiger partial charge in [0.2, 0.25) is 0 Å². The standard InChI is InChI=1S/C8H6ClF3N2O/c9-4-1-2-5(13)6(3-4)14-7(15)8(10,11)12/h1-3H,13H2,(H,14,15). The maximum Gasteiger partial charge on any atom is 0.471 e. The normalized spacial score (nSPS) is 11.2. The summed E-state index contributed by atoms with van der Waals surface area (Å²) in [7, 11) is 0. The molecule has 0 saturated heterocycles. The second-order valence-electron chi connectivity index (χ2n) is 2.68. The smallest absolute Gasteiger partial charge is 0.397 e. The maximum absolute atomic E-state index is 11.9. The zero-order valence-electron chi connectivity index (χ0n) is 7.23. The lowest BCUT2D eigenvalue weighted by Gasteiger charge is -2.10. The number of anilines is 2. The van der Waals surface area contributed by atoms with Crippen LogP contribution in [-0.4, -0.2) is 12.1 Å². The molecule has 0 radical (unpaired) electrons. The molecule has 3 nitrogen and oxygen atoms in total. The lowest BCUT2D eigenvalue weighted by molar-refractivity contribution is -0.167. The molecule has 0 spiro atoms. The maximum atomic E-state index is 11.9. The van der Waals surface area contributed by atoms with E-state index in [2.05, 4.69) is 0 Å². The third kappa shape index (κ3) is 3.02. The summed E-state index contributed by atoms with van der Waals surface area (Å²) >= 11 is 5.53. The van der Waals surface area contributed by atoms with Gasteiger partial charge in [-0.25, -0.2) is 0 Å². The number of hydrogen-bond acceptors (Lipinski definition) is 2. The van der Waals surface area contributed by atoms with E-state index in [9.17, 15) is 18.0 Å². The summed E-state index contributed by atoms with van der Waals surface area (Å²) in [5.41, 5.74) is 5.19. The lowest BCUT2D eigenvalue weighted by Crippen LogP contribution is -2.30. The Labute approximate surface area is 88.0 Å². The van der Waals surface area contributed by atoms with Crippen molar-refractivity contribution in [3.8, 4) is 0 Å². The summed E-state index contributed by atoms with van der Waals surface area (Å²) in [4.78, 5) is 10.6. The van der Waals surface area contributed by atoms with E-state index < -0.39 is 12.1 Å². The lowest BCUT2D eigenvalue weighted by atomic mass is 10.2. The third-order valence-electron chi connectivity index (χ3n) is 1.52. The van der Waals surface area contributed by atoms with Crippen LogP contribution in [0.5, 0.6) is 0 Å². The molecule has 1 aromatic carbocycles. The highest BCUT2D eigenvalue weighted by Crippen LogP contribution is 2.25. The van der Waals surface area contributed by atoms with E-state index in [4.69, 9.17) is 17.3 Å². The fraction of sp³-hybridized carbons (Fsp3) is 0.125. The van der Waals surface area contributed by atoms with Gasteiger partial charge in [-0.3, -0.25) is 4.79 Å². The molecule has 0 aliphatic heterocycles. The minimum Gasteiger partial charge on any atom is -0.397 e. The molecule has 0 fully saturated rings. The Morgan fingerprint density at radius 2 is 2.00 bits per heavy atom. The summed E-state index contributed by atoms with van der Waals surface area (Å²) in [5.74, 6) is -2.09. The summed E-state index contributed by atoms with van der Waals surface area (Å²) in [6, 6.07) is 3.84. The van der Waals surface area contributed by atoms with E-state index in [-0.39, 0.29) is 16.4 Å². The first-order valence-electron chi connectivity index (χ1n) is 3.74. The van der Waals surface area contributed by atoms with Crippen LogP contribution in [0.25, 0.3) is 0 Å². The molecule has 0 bridgehead atoms. The van der Waals surface area contributed by atoms with Crippen molar-refractivity contribution < 1.29 is 18.0 Å². The number of nitrogens with two attached hydrogens (primary N) is 1. The van der Waals surface area contributed by atoms with Crippen molar-refractivity contribution in [1.29, 1.82) is 0 Å². The first-order valence-corrected chi connectivity index (χ1v) is 4.11. The predicted octanol–water partition coefficient (Wildman–Crippen LogP) is 2.42. The highest BCUT2D eigenvalue weighted by molar-refractivity contribution is 6.31. The molecular weight excluding hydrogens is 233 g/mol. The molecule has 82 valence electrons. The summed E-state index contributed by atoms with van der Waals surface area (Å²) in [6.45, 7) is 0. The molecule has 7 heteroatoms. The number of halogens is 4. The first-order chi connectivity index (χ1) is 6.80. The van der Waals surface area contributed by atoms with Gasteiger partial charge in [0.05, 0.1) is 11.4 Å². The largest absolute Gasteiger partial charge is 0.471 e. The van der Waals surface area contributed by atoms with Crippen molar-refractivity contribution in [2.45, 2.75) is 6.18 Å². The molecule has 1 amide bonds. The molecule has 1 rings (SSSR count). The Morgan fingerprint density at radius 3 is 2.53 bits per heavy atom. The zero-order chi connectivity index (χ0) is 11.6. The number of hydrogen-bond donors (Lipinski definition) is 2. The van der Waals surface area contributed by atoms with Crippen LogP contribution in [0.1, 0.15) is 0 Å². The van der Waals surface area contributed by atoms with Crippen molar-refractivity contribution in [2.75, 3.05) is 11.1 Å². The minimum atomic E-state index is -4.95. The van der Waals surface area contributed by atoms with E-state index in [0.29, 0.717) is 0 Å². The number of nitrogen functional groups attached to an aromatic ring is 1. The second kappa shape index (κ2) is 3.98. The number of nitrogens with one attached hydrogen (secondary N) is 1. The van der Waals surface area contributed by atoms with Gasteiger partial charge in [-0.15, -0.1) is 0 Å². The van der Waals surface area contributed by atoms with Gasteiger partial charge in [-0.1, -0.05) is 11.6 Å². The topological polar surface area (TPSA) is 55.1 Å². The Hall–Kier alpha value is -1.43. The average molecular weight is 239 g/mol. The Kier molecular flexibility index (Phi) is 3.09. The van der Waals surface area contributed by atoms with E-state index in [1.54, 1.807) is 5.32 Å². The SMILES string of the molecule is Nc1ccc(Cl)cc1NC(=O)C(F)(F)F. The molecule has 0 aromatic heterocycles. The summed E-state index contributed by atoms with van der Waals surface area (Å²) in [5, 5.41) is 1.80. The van der Waals surface area contributed by atoms with Gasteiger partial charge in [-0.05, 0) is 18.2 Å². The molecule has 0 aliphatic carbocycles. The van der Waals surface area contributed by atoms with Crippen molar-refractivity contribution in [2.24, 2.45) is 0 Å². The number of carbonyl (C=O) groups is 1. The van der Waals surface area contributed by atoms with Crippen LogP contribution in [0.4, 0.5) is 24.5 Å². The molecule has 0 saturated carbocycles. The van der Waals surface area contributed by atoms with Crippen LogP contribution >= 0.6 is 11.6 Å². The van der Waals surface area contributed by atoms with Crippen LogP contribution in [-0.2, 0) is 4.79 Å². The number of rotatable bonds is 1. The number of benzene rings is 1. The summed E-state index contributed by atoms with van der Waals surface area (Å²) < 4.78 is 35.6. The minimum absolute atomic E-state index is 0.0111. The third-order valence-corrected chi connectivity index (χ3v) is 1.76. The Bertz CT molecular complexity index is 392. The first kappa shape index (κ1) is 11.6. The molecule has 0 heterocycles. The fourth-order valence-electron chi connectivity index (χ4n) is 0.830. The van der Waals surface area contributed by atoms with Gasteiger partial charge in [0.1, 0.15) is 0 Å². The van der Waals surface area contributed by atoms with Crippen molar-refractivity contribution >= 4 is 28.9 Å². The number of carbonyl (C=O) groups excluding carboxylic acids is 1. The highest BCUT2D eigenvalue weighted by atomic mass is 35.5. The molecule has 0 unspecified atom stereocenters. The highest BCUT2D eigenvalue weighted by Gasteiger charge is 2.38. The van der Waals surface area contributed by atoms with Gasteiger partial charge < -0.3 is 11.1 Å². The summed E-state index contributed by atoms with van der Waals surface area (Å²) in [6.07, 6.45) is -4.95. The van der Waals surface area contributed by atoms with Crippen LogP contribution < -0.4 is 11.1 Å². The average Bonchev–Trinajstić information content (AvgIpc) is 2.09. The monoisotopic (exact) mass is 238 g/mol. The molecule has 1 aromatic rings. The van der Waals surface area contributed by atoms with Gasteiger partial charge in [0, 0.05) is 5.02 Å². The molecular formula is C8H6ClF3N2O. The van der Waals surface area contributed by atoms with Crippen LogP contribution in [0.3, 0.4) is 0 Å². The van der Waals surface area contributed by atoms with Crippen LogP contribution in [0, 0.1) is 0 Å². The van der Waals surface area contributed by atoms with Gasteiger partial charge >= 0.3 is 12.1 Å². The molecule has 0 aliphatic rings. The quantitative estimate of drug-likeness (QED) is 0.739. The fourth-order valence-corrected chi connectivity index (χ4v) is 1.00. The van der Waals surface area contributed by atoms with Crippen LogP contribution in [0.2, 0.25) is 5.02 Å². The van der Waals surface area contributed by atoms with Crippen molar-refractivity contribution in [1.82, 2.24) is 0 Å². The molecule has 15 heavy (non-hydrogen) atoms. The van der Waals surface area contributed by atoms with E-state index in [0.717, 1.165) is 6.07 Å². The number of amides is 1. The zero-order valence-corrected chi connectivity index (χ0v) is 7.99. The van der Waals surface area contributed by atoms with Crippen molar-refractivity contribution in [3.63, 3.8) is 0 Å². The van der Waals surface area contributed by atoms with E-state index in [1.165, 1.54) is 12.1 Å². The molecule has 3 N–H and O–H groups in total. The van der Waals surface area contributed by atoms with Crippen LogP contribution in [0.15, 0.2) is 18.2 Å². The van der Waals surface area contributed by atoms with Crippen molar-refractivity contribution in [3.05, 3.63) is 23.2 Å².